The number of ether oxygens (including phenoxy) is 1. The van der Waals surface area contributed by atoms with Gasteiger partial charge in [0.25, 0.3) is 0 Å². The average Bonchev–Trinajstić information content (AvgIpc) is 2.49. The second kappa shape index (κ2) is 3.79. The summed E-state index contributed by atoms with van der Waals surface area (Å²) in [5.74, 6) is -0.362. The molecule has 0 atom stereocenters. The summed E-state index contributed by atoms with van der Waals surface area (Å²) < 4.78 is 6.48. The molecule has 0 saturated heterocycles. The number of nitrogens with one attached hydrogen (secondary N) is 1. The molecule has 0 radical (unpaired) electrons. The van der Waals surface area contributed by atoms with Crippen molar-refractivity contribution in [3.8, 4) is 0 Å². The maximum Gasteiger partial charge on any atom is 0.358 e. The van der Waals surface area contributed by atoms with Crippen molar-refractivity contribution < 1.29 is 9.53 Å². The number of hydrogen-bond acceptors (Lipinski definition) is 4. The molecule has 2 rings (SSSR count). The van der Waals surface area contributed by atoms with Gasteiger partial charge in [0.1, 0.15) is 0 Å². The van der Waals surface area contributed by atoms with E-state index in [4.69, 9.17) is 0 Å². The molecule has 0 unspecified atom stereocenters. The van der Waals surface area contributed by atoms with Gasteiger partial charge in [-0.25, -0.2) is 4.79 Å². The van der Waals surface area contributed by atoms with E-state index < -0.39 is 0 Å². The van der Waals surface area contributed by atoms with Gasteiger partial charge >= 0.3 is 5.97 Å². The molecule has 14 heavy (non-hydrogen) atoms. The lowest BCUT2D eigenvalue weighted by molar-refractivity contribution is 0.0593. The van der Waals surface area contributed by atoms with Crippen molar-refractivity contribution in [2.45, 2.75) is 13.0 Å². The summed E-state index contributed by atoms with van der Waals surface area (Å²) in [6.07, 6.45) is 0.907. The summed E-state index contributed by atoms with van der Waals surface area (Å²) in [5.41, 5.74) is 1.50. The maximum absolute atomic E-state index is 11.2. The lowest BCUT2D eigenvalue weighted by Crippen LogP contribution is -2.18. The van der Waals surface area contributed by atoms with Crippen molar-refractivity contribution in [1.82, 2.24) is 15.1 Å². The van der Waals surface area contributed by atoms with Gasteiger partial charge in [-0.05, 0) is 6.07 Å². The van der Waals surface area contributed by atoms with Crippen LogP contribution >= 0.6 is 0 Å². The van der Waals surface area contributed by atoms with Crippen LogP contribution in [-0.4, -0.2) is 35.9 Å². The third kappa shape index (κ3) is 1.63. The van der Waals surface area contributed by atoms with Crippen molar-refractivity contribution >= 4 is 5.97 Å². The second-order valence-electron chi connectivity index (χ2n) is 3.24. The summed E-state index contributed by atoms with van der Waals surface area (Å²) in [7, 11) is 1.37. The third-order valence-electron chi connectivity index (χ3n) is 2.32. The number of aromatic nitrogens is 2. The number of carbonyl (C=O) groups is 1. The van der Waals surface area contributed by atoms with Gasteiger partial charge in [0.2, 0.25) is 0 Å². The van der Waals surface area contributed by atoms with Gasteiger partial charge < -0.3 is 10.1 Å². The lowest BCUT2D eigenvalue weighted by Gasteiger charge is -1.99. The number of nitrogens with zero attached hydrogens (tertiary/aromatic N) is 2. The quantitative estimate of drug-likeness (QED) is 0.631. The maximum atomic E-state index is 11.2. The molecule has 1 aromatic heterocycles. The molecule has 0 fully saturated rings. The molecule has 76 valence electrons. The predicted molar refractivity (Wildman–Crippen MR) is 50.1 cm³/mol. The molecule has 2 heterocycles. The Morgan fingerprint density at radius 1 is 1.64 bits per heavy atom. The molecule has 1 N–H and O–H groups in total. The van der Waals surface area contributed by atoms with E-state index in [0.717, 1.165) is 31.7 Å². The molecule has 0 aromatic carbocycles. The average molecular weight is 195 g/mol. The van der Waals surface area contributed by atoms with E-state index in [1.807, 2.05) is 4.68 Å². The van der Waals surface area contributed by atoms with Crippen molar-refractivity contribution in [1.29, 1.82) is 0 Å². The van der Waals surface area contributed by atoms with Gasteiger partial charge in [-0.3, -0.25) is 4.68 Å². The molecule has 1 aliphatic rings. The monoisotopic (exact) mass is 195 g/mol. The summed E-state index contributed by atoms with van der Waals surface area (Å²) in [6, 6.07) is 1.80. The Morgan fingerprint density at radius 3 is 3.29 bits per heavy atom. The fourth-order valence-electron chi connectivity index (χ4n) is 1.58. The normalized spacial score (nSPS) is 15.8. The van der Waals surface area contributed by atoms with E-state index in [0.29, 0.717) is 5.69 Å². The third-order valence-corrected chi connectivity index (χ3v) is 2.32. The minimum absolute atomic E-state index is 0.362. The number of hydrogen-bond donors (Lipinski definition) is 1. The second-order valence-corrected chi connectivity index (χ2v) is 3.24. The van der Waals surface area contributed by atoms with E-state index in [1.165, 1.54) is 7.11 Å². The molecule has 5 nitrogen and oxygen atoms in total. The number of methoxy groups -OCH3 is 1. The smallest absolute Gasteiger partial charge is 0.358 e. The van der Waals surface area contributed by atoms with Crippen molar-refractivity contribution in [3.63, 3.8) is 0 Å². The van der Waals surface area contributed by atoms with E-state index in [1.54, 1.807) is 6.07 Å². The minimum atomic E-state index is -0.362. The Morgan fingerprint density at radius 2 is 2.50 bits per heavy atom. The molecular formula is C9H13N3O2. The highest BCUT2D eigenvalue weighted by atomic mass is 16.5. The molecule has 0 saturated carbocycles. The van der Waals surface area contributed by atoms with Crippen LogP contribution in [0.3, 0.4) is 0 Å². The zero-order valence-corrected chi connectivity index (χ0v) is 8.12. The van der Waals surface area contributed by atoms with Crippen LogP contribution in [0.2, 0.25) is 0 Å². The van der Waals surface area contributed by atoms with Crippen molar-refractivity contribution in [3.05, 3.63) is 17.5 Å². The van der Waals surface area contributed by atoms with Crippen LogP contribution in [0.15, 0.2) is 6.07 Å². The van der Waals surface area contributed by atoms with Crippen LogP contribution in [0.25, 0.3) is 0 Å². The molecule has 5 heteroatoms. The molecular weight excluding hydrogens is 182 g/mol. The highest BCUT2D eigenvalue weighted by Crippen LogP contribution is 2.08. The van der Waals surface area contributed by atoms with E-state index in [-0.39, 0.29) is 5.97 Å². The topological polar surface area (TPSA) is 56.2 Å². The number of carbonyl (C=O) groups excluding carboxylic acids is 1. The number of fused-ring (bicyclic) bond motifs is 1. The van der Waals surface area contributed by atoms with Crippen LogP contribution in [0.1, 0.15) is 16.2 Å². The molecule has 0 spiro atoms. The van der Waals surface area contributed by atoms with E-state index in [9.17, 15) is 4.79 Å². The first-order valence-corrected chi connectivity index (χ1v) is 4.67. The predicted octanol–water partition coefficient (Wildman–Crippen LogP) is -0.185. The first-order valence-electron chi connectivity index (χ1n) is 4.67. The van der Waals surface area contributed by atoms with Gasteiger partial charge in [-0.1, -0.05) is 0 Å². The van der Waals surface area contributed by atoms with Gasteiger partial charge in [-0.15, -0.1) is 0 Å². The lowest BCUT2D eigenvalue weighted by atomic mass is 10.3. The Bertz CT molecular complexity index is 322. The number of rotatable bonds is 1. The van der Waals surface area contributed by atoms with Crippen LogP contribution < -0.4 is 5.32 Å². The largest absolute Gasteiger partial charge is 0.464 e. The van der Waals surface area contributed by atoms with Crippen LogP contribution in [0, 0.1) is 0 Å². The van der Waals surface area contributed by atoms with Gasteiger partial charge in [0.05, 0.1) is 13.7 Å². The molecule has 0 bridgehead atoms. The van der Waals surface area contributed by atoms with Gasteiger partial charge in [0.15, 0.2) is 5.69 Å². The highest BCUT2D eigenvalue weighted by molar-refractivity contribution is 5.87. The Labute approximate surface area is 82.0 Å². The SMILES string of the molecule is COC(=O)c1cc2n(n1)CCNCC2. The molecule has 0 aliphatic carbocycles. The first-order chi connectivity index (χ1) is 6.81. The summed E-state index contributed by atoms with van der Waals surface area (Å²) >= 11 is 0. The Hall–Kier alpha value is -1.36. The highest BCUT2D eigenvalue weighted by Gasteiger charge is 2.15. The minimum Gasteiger partial charge on any atom is -0.464 e. The van der Waals surface area contributed by atoms with Gasteiger partial charge in [0, 0.05) is 25.2 Å². The Balaban J connectivity index is 2.26. The molecule has 1 aliphatic heterocycles. The van der Waals surface area contributed by atoms with E-state index in [2.05, 4.69) is 15.2 Å². The first kappa shape index (κ1) is 9.21. The summed E-state index contributed by atoms with van der Waals surface area (Å²) in [6.45, 7) is 2.65. The zero-order valence-electron chi connectivity index (χ0n) is 8.12. The Kier molecular flexibility index (Phi) is 2.49. The standard InChI is InChI=1S/C9H13N3O2/c1-14-9(13)8-6-7-2-3-10-4-5-12(7)11-8/h6,10H,2-5H2,1H3. The van der Waals surface area contributed by atoms with Crippen LogP contribution in [0.5, 0.6) is 0 Å². The summed E-state index contributed by atoms with van der Waals surface area (Å²) in [4.78, 5) is 11.2. The molecule has 1 aromatic rings. The number of esters is 1. The zero-order chi connectivity index (χ0) is 9.97. The summed E-state index contributed by atoms with van der Waals surface area (Å²) in [5, 5.41) is 7.45. The van der Waals surface area contributed by atoms with Crippen molar-refractivity contribution in [2.24, 2.45) is 0 Å². The fourth-order valence-corrected chi connectivity index (χ4v) is 1.58. The molecule has 0 amide bonds. The van der Waals surface area contributed by atoms with Crippen molar-refractivity contribution in [2.75, 3.05) is 20.2 Å². The fraction of sp³-hybridized carbons (Fsp3) is 0.556. The van der Waals surface area contributed by atoms with Crippen LogP contribution in [0.4, 0.5) is 0 Å². The van der Waals surface area contributed by atoms with E-state index >= 15 is 0 Å². The van der Waals surface area contributed by atoms with Crippen LogP contribution in [-0.2, 0) is 17.7 Å². The van der Waals surface area contributed by atoms with Gasteiger partial charge in [-0.2, -0.15) is 5.10 Å².